The van der Waals surface area contributed by atoms with Crippen molar-refractivity contribution in [2.24, 2.45) is 5.92 Å². The Balaban J connectivity index is 2.75. The molecule has 1 aliphatic heterocycles. The number of nitro groups is 1. The number of Topliss-reactive ketones (excluding diaryl/α,β-unsaturated/α-hetero) is 1. The van der Waals surface area contributed by atoms with Gasteiger partial charge in [0.2, 0.25) is 5.91 Å². The first-order valence-electron chi connectivity index (χ1n) is 6.54. The fraction of sp³-hybridized carbons (Fsp3) is 0.267. The number of nitro benzene ring substituents is 1. The van der Waals surface area contributed by atoms with Crippen molar-refractivity contribution in [3.8, 4) is 6.07 Å². The summed E-state index contributed by atoms with van der Waals surface area (Å²) < 4.78 is 0. The van der Waals surface area contributed by atoms with Crippen molar-refractivity contribution in [3.05, 3.63) is 51.2 Å². The molecule has 0 aromatic heterocycles. The average Bonchev–Trinajstić information content (AvgIpc) is 2.45. The molecule has 7 nitrogen and oxygen atoms in total. The zero-order valence-electron chi connectivity index (χ0n) is 12.0. The van der Waals surface area contributed by atoms with Crippen LogP contribution >= 0.6 is 0 Å². The first-order chi connectivity index (χ1) is 10.4. The Labute approximate surface area is 126 Å². The van der Waals surface area contributed by atoms with E-state index in [2.05, 4.69) is 5.32 Å². The monoisotopic (exact) mass is 299 g/mol. The van der Waals surface area contributed by atoms with Crippen LogP contribution in [-0.2, 0) is 9.59 Å². The summed E-state index contributed by atoms with van der Waals surface area (Å²) >= 11 is 0. The minimum atomic E-state index is -1.19. The van der Waals surface area contributed by atoms with E-state index >= 15 is 0 Å². The van der Waals surface area contributed by atoms with Crippen LogP contribution in [0.2, 0.25) is 0 Å². The van der Waals surface area contributed by atoms with Crippen LogP contribution in [0.5, 0.6) is 0 Å². The molecule has 1 aliphatic rings. The Bertz CT molecular complexity index is 745. The number of nitrogens with one attached hydrogen (secondary N) is 1. The van der Waals surface area contributed by atoms with Gasteiger partial charge in [-0.05, 0) is 13.8 Å². The number of allylic oxidation sites excluding steroid dienone is 2. The van der Waals surface area contributed by atoms with Crippen molar-refractivity contribution >= 4 is 17.4 Å². The second kappa shape index (κ2) is 5.77. The Morgan fingerprint density at radius 3 is 2.59 bits per heavy atom. The molecule has 0 radical (unpaired) electrons. The highest BCUT2D eigenvalue weighted by molar-refractivity contribution is 6.00. The molecular formula is C15H13N3O4. The largest absolute Gasteiger partial charge is 0.328 e. The standard InChI is InChI=1S/C15H13N3O4/c1-8-13(9(2)19)14(11(7-16)15(20)17-8)10-5-3-4-6-12(10)18(21)22/h3-6,11,14H,1-2H3,(H,17,20). The molecule has 1 N–H and O–H groups in total. The Morgan fingerprint density at radius 1 is 1.41 bits per heavy atom. The molecule has 0 spiro atoms. The Morgan fingerprint density at radius 2 is 2.05 bits per heavy atom. The SMILES string of the molecule is CC(=O)C1=C(C)NC(=O)C(C#N)C1c1ccccc1[N+](=O)[O-]. The molecule has 7 heteroatoms. The van der Waals surface area contributed by atoms with Gasteiger partial charge in [-0.25, -0.2) is 0 Å². The number of ketones is 1. The molecule has 2 unspecified atom stereocenters. The van der Waals surface area contributed by atoms with Crippen LogP contribution in [0.1, 0.15) is 25.3 Å². The summed E-state index contributed by atoms with van der Waals surface area (Å²) in [5, 5.41) is 23.0. The van der Waals surface area contributed by atoms with Crippen LogP contribution in [0.25, 0.3) is 0 Å². The number of benzene rings is 1. The fourth-order valence-electron chi connectivity index (χ4n) is 2.75. The van der Waals surface area contributed by atoms with Crippen molar-refractivity contribution in [2.75, 3.05) is 0 Å². The minimum absolute atomic E-state index is 0.193. The highest BCUT2D eigenvalue weighted by Crippen LogP contribution is 2.40. The lowest BCUT2D eigenvalue weighted by molar-refractivity contribution is -0.385. The van der Waals surface area contributed by atoms with Crippen LogP contribution in [0.3, 0.4) is 0 Å². The predicted molar refractivity (Wildman–Crippen MR) is 76.5 cm³/mol. The third kappa shape index (κ3) is 2.46. The first kappa shape index (κ1) is 15.4. The van der Waals surface area contributed by atoms with E-state index < -0.39 is 22.7 Å². The normalized spacial score (nSPS) is 21.0. The molecule has 1 heterocycles. The van der Waals surface area contributed by atoms with Gasteiger partial charge in [0, 0.05) is 28.8 Å². The molecule has 2 atom stereocenters. The lowest BCUT2D eigenvalue weighted by Gasteiger charge is -2.29. The fourth-order valence-corrected chi connectivity index (χ4v) is 2.75. The van der Waals surface area contributed by atoms with Gasteiger partial charge in [0.05, 0.1) is 11.0 Å². The molecule has 0 fully saturated rings. The third-order valence-corrected chi connectivity index (χ3v) is 3.63. The van der Waals surface area contributed by atoms with Gasteiger partial charge >= 0.3 is 0 Å². The second-order valence-electron chi connectivity index (χ2n) is 4.98. The third-order valence-electron chi connectivity index (χ3n) is 3.63. The minimum Gasteiger partial charge on any atom is -0.328 e. The van der Waals surface area contributed by atoms with Crippen LogP contribution in [0, 0.1) is 27.4 Å². The van der Waals surface area contributed by atoms with Gasteiger partial charge in [0.25, 0.3) is 5.69 Å². The molecule has 2 rings (SSSR count). The number of hydrogen-bond donors (Lipinski definition) is 1. The number of nitrogens with zero attached hydrogens (tertiary/aromatic N) is 2. The zero-order chi connectivity index (χ0) is 16.4. The maximum Gasteiger partial charge on any atom is 0.273 e. The van der Waals surface area contributed by atoms with Crippen LogP contribution < -0.4 is 5.32 Å². The van der Waals surface area contributed by atoms with Crippen molar-refractivity contribution in [3.63, 3.8) is 0 Å². The predicted octanol–water partition coefficient (Wildman–Crippen LogP) is 1.81. The van der Waals surface area contributed by atoms with E-state index in [1.165, 1.54) is 25.1 Å². The Hall–Kier alpha value is -3.01. The van der Waals surface area contributed by atoms with E-state index in [4.69, 9.17) is 0 Å². The summed E-state index contributed by atoms with van der Waals surface area (Å²) in [5.74, 6) is -3.03. The quantitative estimate of drug-likeness (QED) is 0.675. The first-order valence-corrected chi connectivity index (χ1v) is 6.54. The van der Waals surface area contributed by atoms with Crippen molar-refractivity contribution < 1.29 is 14.5 Å². The van der Waals surface area contributed by atoms with Crippen molar-refractivity contribution in [2.45, 2.75) is 19.8 Å². The molecule has 0 saturated carbocycles. The van der Waals surface area contributed by atoms with Crippen LogP contribution in [-0.4, -0.2) is 16.6 Å². The summed E-state index contributed by atoms with van der Waals surface area (Å²) in [5.41, 5.74) is 0.528. The van der Waals surface area contributed by atoms with Gasteiger partial charge in [-0.15, -0.1) is 0 Å². The van der Waals surface area contributed by atoms with Crippen molar-refractivity contribution in [1.29, 1.82) is 5.26 Å². The molecular weight excluding hydrogens is 286 g/mol. The van der Waals surface area contributed by atoms with Gasteiger partial charge in [-0.3, -0.25) is 19.7 Å². The number of carbonyl (C=O) groups is 2. The highest BCUT2D eigenvalue weighted by atomic mass is 16.6. The number of nitriles is 1. The molecule has 0 saturated heterocycles. The lowest BCUT2D eigenvalue weighted by atomic mass is 9.75. The van der Waals surface area contributed by atoms with Crippen molar-refractivity contribution in [1.82, 2.24) is 5.32 Å². The van der Waals surface area contributed by atoms with Gasteiger partial charge in [-0.1, -0.05) is 18.2 Å². The number of hydrogen-bond acceptors (Lipinski definition) is 5. The van der Waals surface area contributed by atoms with E-state index in [1.54, 1.807) is 13.0 Å². The van der Waals surface area contributed by atoms with Gasteiger partial charge in [-0.2, -0.15) is 5.26 Å². The van der Waals surface area contributed by atoms with E-state index in [1.807, 2.05) is 6.07 Å². The summed E-state index contributed by atoms with van der Waals surface area (Å²) in [7, 11) is 0. The highest BCUT2D eigenvalue weighted by Gasteiger charge is 2.42. The molecule has 0 bridgehead atoms. The summed E-state index contributed by atoms with van der Waals surface area (Å²) in [4.78, 5) is 34.6. The number of rotatable bonds is 3. The summed E-state index contributed by atoms with van der Waals surface area (Å²) in [6.07, 6.45) is 0. The molecule has 22 heavy (non-hydrogen) atoms. The molecule has 0 aliphatic carbocycles. The maximum absolute atomic E-state index is 12.0. The van der Waals surface area contributed by atoms with Crippen LogP contribution in [0.4, 0.5) is 5.69 Å². The van der Waals surface area contributed by atoms with E-state index in [0.717, 1.165) is 0 Å². The van der Waals surface area contributed by atoms with Gasteiger partial charge < -0.3 is 5.32 Å². The van der Waals surface area contributed by atoms with Gasteiger partial charge in [0.1, 0.15) is 5.92 Å². The molecule has 1 amide bonds. The number of para-hydroxylation sites is 1. The summed E-state index contributed by atoms with van der Waals surface area (Å²) in [6, 6.07) is 7.70. The molecule has 1 aromatic rings. The topological polar surface area (TPSA) is 113 Å². The maximum atomic E-state index is 12.0. The van der Waals surface area contributed by atoms with E-state index in [-0.39, 0.29) is 22.6 Å². The summed E-state index contributed by atoms with van der Waals surface area (Å²) in [6.45, 7) is 2.86. The number of carbonyl (C=O) groups excluding carboxylic acids is 2. The Kier molecular flexibility index (Phi) is 4.04. The molecule has 112 valence electrons. The number of amides is 1. The van der Waals surface area contributed by atoms with E-state index in [0.29, 0.717) is 5.70 Å². The lowest BCUT2D eigenvalue weighted by Crippen LogP contribution is -2.40. The van der Waals surface area contributed by atoms with E-state index in [9.17, 15) is 25.0 Å². The van der Waals surface area contributed by atoms with Crippen LogP contribution in [0.15, 0.2) is 35.5 Å². The smallest absolute Gasteiger partial charge is 0.273 e. The second-order valence-corrected chi connectivity index (χ2v) is 4.98. The molecule has 1 aromatic carbocycles. The average molecular weight is 299 g/mol. The zero-order valence-corrected chi connectivity index (χ0v) is 12.0. The van der Waals surface area contributed by atoms with Gasteiger partial charge in [0.15, 0.2) is 5.78 Å².